The van der Waals surface area contributed by atoms with Gasteiger partial charge >= 0.3 is 0 Å². The van der Waals surface area contributed by atoms with Crippen molar-refractivity contribution in [2.75, 3.05) is 12.8 Å². The number of nitrogens with zero attached hydrogens (tertiary/aromatic N) is 3. The Morgan fingerprint density at radius 1 is 0.967 bits per heavy atom. The van der Waals surface area contributed by atoms with Gasteiger partial charge in [-0.2, -0.15) is 4.98 Å². The van der Waals surface area contributed by atoms with Crippen LogP contribution >= 0.6 is 12.4 Å². The minimum atomic E-state index is 0. The summed E-state index contributed by atoms with van der Waals surface area (Å²) < 4.78 is 11.0. The maximum Gasteiger partial charge on any atom is 0.258 e. The van der Waals surface area contributed by atoms with Crippen LogP contribution in [-0.2, 0) is 17.8 Å². The third-order valence-electron chi connectivity index (χ3n) is 4.81. The third-order valence-corrected chi connectivity index (χ3v) is 4.81. The van der Waals surface area contributed by atoms with Crippen molar-refractivity contribution in [2.24, 2.45) is 0 Å². The SMILES string of the molecule is CCc1ccccc1-c1ccc(-c2nc(-c3ccc(N)nc3)no2)cc1COC.Cl. The number of rotatable bonds is 6. The molecule has 0 atom stereocenters. The maximum absolute atomic E-state index is 5.64. The lowest BCUT2D eigenvalue weighted by atomic mass is 9.93. The van der Waals surface area contributed by atoms with Crippen molar-refractivity contribution in [3.63, 3.8) is 0 Å². The van der Waals surface area contributed by atoms with E-state index in [0.717, 1.165) is 28.7 Å². The van der Waals surface area contributed by atoms with E-state index >= 15 is 0 Å². The van der Waals surface area contributed by atoms with E-state index in [-0.39, 0.29) is 12.4 Å². The van der Waals surface area contributed by atoms with Crippen LogP contribution in [0.4, 0.5) is 5.82 Å². The van der Waals surface area contributed by atoms with Gasteiger partial charge in [-0.3, -0.25) is 0 Å². The van der Waals surface area contributed by atoms with Gasteiger partial charge in [0.25, 0.3) is 5.89 Å². The Labute approximate surface area is 181 Å². The highest BCUT2D eigenvalue weighted by Crippen LogP contribution is 2.32. The number of anilines is 1. The summed E-state index contributed by atoms with van der Waals surface area (Å²) in [6.45, 7) is 2.65. The molecule has 0 aliphatic rings. The molecule has 0 saturated heterocycles. The van der Waals surface area contributed by atoms with E-state index < -0.39 is 0 Å². The van der Waals surface area contributed by atoms with Gasteiger partial charge in [0.15, 0.2) is 0 Å². The molecule has 4 aromatic rings. The quantitative estimate of drug-likeness (QED) is 0.460. The average molecular weight is 423 g/mol. The maximum atomic E-state index is 5.64. The lowest BCUT2D eigenvalue weighted by Crippen LogP contribution is -1.96. The first kappa shape index (κ1) is 21.5. The highest BCUT2D eigenvalue weighted by molar-refractivity contribution is 5.85. The second-order valence-corrected chi connectivity index (χ2v) is 6.71. The first-order chi connectivity index (χ1) is 14.2. The van der Waals surface area contributed by atoms with E-state index in [1.54, 1.807) is 19.4 Å². The van der Waals surface area contributed by atoms with Crippen LogP contribution in [-0.4, -0.2) is 22.2 Å². The normalized spacial score (nSPS) is 10.6. The highest BCUT2D eigenvalue weighted by Gasteiger charge is 2.15. The van der Waals surface area contributed by atoms with Crippen LogP contribution in [0.3, 0.4) is 0 Å². The van der Waals surface area contributed by atoms with Crippen LogP contribution in [0, 0.1) is 0 Å². The van der Waals surface area contributed by atoms with E-state index in [9.17, 15) is 0 Å². The lowest BCUT2D eigenvalue weighted by molar-refractivity contribution is 0.185. The van der Waals surface area contributed by atoms with Crippen molar-refractivity contribution in [3.05, 3.63) is 71.9 Å². The fourth-order valence-electron chi connectivity index (χ4n) is 3.35. The molecular weight excluding hydrogens is 400 g/mol. The largest absolute Gasteiger partial charge is 0.384 e. The molecule has 0 saturated carbocycles. The Kier molecular flexibility index (Phi) is 6.82. The summed E-state index contributed by atoms with van der Waals surface area (Å²) in [6.07, 6.45) is 2.60. The van der Waals surface area contributed by atoms with Crippen LogP contribution in [0.2, 0.25) is 0 Å². The Balaban J connectivity index is 0.00000256. The number of benzene rings is 2. The summed E-state index contributed by atoms with van der Waals surface area (Å²) in [4.78, 5) is 8.60. The lowest BCUT2D eigenvalue weighted by Gasteiger charge is -2.13. The summed E-state index contributed by atoms with van der Waals surface area (Å²) in [5, 5.41) is 4.08. The van der Waals surface area contributed by atoms with E-state index in [1.165, 1.54) is 11.1 Å². The molecule has 30 heavy (non-hydrogen) atoms. The molecule has 0 spiro atoms. The summed E-state index contributed by atoms with van der Waals surface area (Å²) in [7, 11) is 1.70. The zero-order valence-electron chi connectivity index (χ0n) is 16.8. The zero-order valence-corrected chi connectivity index (χ0v) is 17.6. The predicted molar refractivity (Wildman–Crippen MR) is 120 cm³/mol. The van der Waals surface area contributed by atoms with E-state index in [2.05, 4.69) is 52.4 Å². The first-order valence-corrected chi connectivity index (χ1v) is 9.45. The van der Waals surface area contributed by atoms with Gasteiger partial charge in [0, 0.05) is 24.4 Å². The van der Waals surface area contributed by atoms with Crippen molar-refractivity contribution < 1.29 is 9.26 Å². The fraction of sp³-hybridized carbons (Fsp3) is 0.174. The zero-order chi connectivity index (χ0) is 20.2. The third kappa shape index (κ3) is 4.35. The molecule has 4 rings (SSSR count). The number of nitrogens with two attached hydrogens (primary N) is 1. The number of methoxy groups -OCH3 is 1. The topological polar surface area (TPSA) is 87.1 Å². The van der Waals surface area contributed by atoms with Gasteiger partial charge < -0.3 is 15.0 Å². The Morgan fingerprint density at radius 2 is 1.73 bits per heavy atom. The Morgan fingerprint density at radius 3 is 2.47 bits per heavy atom. The Hall–Kier alpha value is -3.22. The monoisotopic (exact) mass is 422 g/mol. The Bertz CT molecular complexity index is 1130. The van der Waals surface area contributed by atoms with Crippen molar-refractivity contribution in [1.29, 1.82) is 0 Å². The number of halogens is 1. The molecule has 2 heterocycles. The smallest absolute Gasteiger partial charge is 0.258 e. The molecule has 0 aliphatic carbocycles. The number of aryl methyl sites for hydroxylation is 1. The molecule has 0 aliphatic heterocycles. The first-order valence-electron chi connectivity index (χ1n) is 9.45. The van der Waals surface area contributed by atoms with Crippen LogP contribution in [0.15, 0.2) is 65.3 Å². The molecule has 2 aromatic heterocycles. The van der Waals surface area contributed by atoms with Crippen molar-refractivity contribution in [2.45, 2.75) is 20.0 Å². The number of pyridine rings is 1. The molecule has 0 fully saturated rings. The van der Waals surface area contributed by atoms with Crippen molar-refractivity contribution in [1.82, 2.24) is 15.1 Å². The van der Waals surface area contributed by atoms with E-state index in [4.69, 9.17) is 15.0 Å². The number of nitrogen functional groups attached to an aromatic ring is 1. The van der Waals surface area contributed by atoms with Gasteiger partial charge in [0.2, 0.25) is 5.82 Å². The summed E-state index contributed by atoms with van der Waals surface area (Å²) >= 11 is 0. The van der Waals surface area contributed by atoms with Crippen molar-refractivity contribution >= 4 is 18.2 Å². The van der Waals surface area contributed by atoms with Gasteiger partial charge in [0.05, 0.1) is 6.61 Å². The number of hydrogen-bond acceptors (Lipinski definition) is 6. The number of hydrogen-bond donors (Lipinski definition) is 1. The van der Waals surface area contributed by atoms with E-state index in [0.29, 0.717) is 24.1 Å². The molecule has 0 unspecified atom stereocenters. The number of ether oxygens (including phenoxy) is 1. The second-order valence-electron chi connectivity index (χ2n) is 6.71. The van der Waals surface area contributed by atoms with Gasteiger partial charge in [-0.1, -0.05) is 42.4 Å². The minimum absolute atomic E-state index is 0. The summed E-state index contributed by atoms with van der Waals surface area (Å²) in [6, 6.07) is 18.1. The second kappa shape index (κ2) is 9.52. The summed E-state index contributed by atoms with van der Waals surface area (Å²) in [5.41, 5.74) is 12.0. The van der Waals surface area contributed by atoms with Gasteiger partial charge in [-0.15, -0.1) is 12.4 Å². The molecule has 2 aromatic carbocycles. The van der Waals surface area contributed by atoms with Crippen LogP contribution in [0.1, 0.15) is 18.1 Å². The van der Waals surface area contributed by atoms with Crippen molar-refractivity contribution in [3.8, 4) is 34.0 Å². The number of aromatic nitrogens is 3. The molecule has 2 N–H and O–H groups in total. The van der Waals surface area contributed by atoms with Crippen LogP contribution in [0.25, 0.3) is 34.0 Å². The fourth-order valence-corrected chi connectivity index (χ4v) is 3.35. The molecule has 154 valence electrons. The molecular formula is C23H23ClN4O2. The predicted octanol–water partition coefficient (Wildman–Crippen LogP) is 5.18. The van der Waals surface area contributed by atoms with Crippen LogP contribution < -0.4 is 5.73 Å². The van der Waals surface area contributed by atoms with Gasteiger partial charge in [0.1, 0.15) is 5.82 Å². The minimum Gasteiger partial charge on any atom is -0.384 e. The standard InChI is InChI=1S/C23H22N4O2.ClH/c1-3-15-6-4-5-7-19(15)20-10-8-16(12-18(20)14-28-2)23-26-22(27-29-23)17-9-11-21(24)25-13-17;/h4-13H,3,14H2,1-2H3,(H2,24,25);1H. The molecule has 0 amide bonds. The average Bonchev–Trinajstić information content (AvgIpc) is 3.25. The van der Waals surface area contributed by atoms with E-state index in [1.807, 2.05) is 18.2 Å². The van der Waals surface area contributed by atoms with Gasteiger partial charge in [-0.25, -0.2) is 4.98 Å². The molecule has 7 heteroatoms. The molecule has 0 radical (unpaired) electrons. The highest BCUT2D eigenvalue weighted by atomic mass is 35.5. The van der Waals surface area contributed by atoms with Gasteiger partial charge in [-0.05, 0) is 52.9 Å². The summed E-state index contributed by atoms with van der Waals surface area (Å²) in [5.74, 6) is 1.37. The van der Waals surface area contributed by atoms with Crippen LogP contribution in [0.5, 0.6) is 0 Å². The molecule has 6 nitrogen and oxygen atoms in total. The molecule has 0 bridgehead atoms.